The number of hydrogen-bond donors (Lipinski definition) is 2. The number of aliphatic hydroxyl groups is 1. The Morgan fingerprint density at radius 3 is 2.76 bits per heavy atom. The molecule has 2 aliphatic rings. The molecule has 1 aliphatic carbocycles. The van der Waals surface area contributed by atoms with Crippen LogP contribution >= 0.6 is 0 Å². The Morgan fingerprint density at radius 2 is 2.10 bits per heavy atom. The van der Waals surface area contributed by atoms with Crippen LogP contribution in [0.25, 0.3) is 0 Å². The molecule has 1 heterocycles. The lowest BCUT2D eigenvalue weighted by molar-refractivity contribution is -0.0372. The molecular weight excluding hydrogens is 262 g/mol. The summed E-state index contributed by atoms with van der Waals surface area (Å²) >= 11 is 0. The first-order valence-electron chi connectivity index (χ1n) is 8.29. The predicted molar refractivity (Wildman–Crippen MR) is 84.5 cm³/mol. The summed E-state index contributed by atoms with van der Waals surface area (Å²) in [5.74, 6) is 1.37. The highest BCUT2D eigenvalue weighted by Crippen LogP contribution is 2.48. The Balaban J connectivity index is 1.66. The van der Waals surface area contributed by atoms with Gasteiger partial charge in [0, 0.05) is 18.0 Å². The van der Waals surface area contributed by atoms with E-state index in [-0.39, 0.29) is 11.7 Å². The van der Waals surface area contributed by atoms with E-state index in [0.717, 1.165) is 25.1 Å². The quantitative estimate of drug-likeness (QED) is 0.872. The molecular formula is C18H27NO2. The molecule has 1 aliphatic heterocycles. The molecule has 2 atom stereocenters. The van der Waals surface area contributed by atoms with Gasteiger partial charge in [-0.05, 0) is 44.2 Å². The lowest BCUT2D eigenvalue weighted by Gasteiger charge is -2.48. The lowest BCUT2D eigenvalue weighted by atomic mass is 9.73. The highest BCUT2D eigenvalue weighted by molar-refractivity contribution is 5.39. The van der Waals surface area contributed by atoms with Gasteiger partial charge >= 0.3 is 0 Å². The van der Waals surface area contributed by atoms with E-state index in [0.29, 0.717) is 12.0 Å². The fourth-order valence-corrected chi connectivity index (χ4v) is 3.42. The van der Waals surface area contributed by atoms with Crippen LogP contribution in [-0.2, 0) is 0 Å². The first-order valence-corrected chi connectivity index (χ1v) is 8.29. The molecule has 1 aromatic carbocycles. The minimum absolute atomic E-state index is 0.0721. The summed E-state index contributed by atoms with van der Waals surface area (Å²) in [6, 6.07) is 8.74. The fraction of sp³-hybridized carbons (Fsp3) is 0.667. The van der Waals surface area contributed by atoms with Crippen molar-refractivity contribution in [1.82, 2.24) is 5.32 Å². The monoisotopic (exact) mass is 289 g/mol. The number of benzene rings is 1. The Morgan fingerprint density at radius 1 is 1.33 bits per heavy atom. The highest BCUT2D eigenvalue weighted by Gasteiger charge is 2.45. The van der Waals surface area contributed by atoms with Crippen molar-refractivity contribution in [1.29, 1.82) is 0 Å². The third-order valence-electron chi connectivity index (χ3n) is 5.06. The number of aliphatic hydroxyl groups excluding tert-OH is 1. The zero-order valence-corrected chi connectivity index (χ0v) is 13.1. The third-order valence-corrected chi connectivity index (χ3v) is 5.06. The Labute approximate surface area is 127 Å². The zero-order chi connectivity index (χ0) is 14.9. The molecule has 0 amide bonds. The normalized spacial score (nSPS) is 24.3. The second-order valence-corrected chi connectivity index (χ2v) is 6.99. The van der Waals surface area contributed by atoms with Crippen molar-refractivity contribution in [3.8, 4) is 5.75 Å². The van der Waals surface area contributed by atoms with Gasteiger partial charge in [0.15, 0.2) is 0 Å². The van der Waals surface area contributed by atoms with E-state index in [9.17, 15) is 5.11 Å². The number of rotatable bonds is 5. The largest absolute Gasteiger partial charge is 0.487 e. The smallest absolute Gasteiger partial charge is 0.124 e. The molecule has 3 heteroatoms. The maximum Gasteiger partial charge on any atom is 0.124 e. The molecule has 1 fully saturated rings. The van der Waals surface area contributed by atoms with E-state index >= 15 is 0 Å². The molecule has 2 N–H and O–H groups in total. The Kier molecular flexibility index (Phi) is 4.23. The number of fused-ring (bicyclic) bond motifs is 1. The molecule has 0 aromatic heterocycles. The maximum absolute atomic E-state index is 9.95. The second-order valence-electron chi connectivity index (χ2n) is 6.99. The molecule has 0 bridgehead atoms. The first kappa shape index (κ1) is 14.9. The fourth-order valence-electron chi connectivity index (χ4n) is 3.42. The van der Waals surface area contributed by atoms with Gasteiger partial charge in [0.05, 0.1) is 6.10 Å². The van der Waals surface area contributed by atoms with Crippen LogP contribution < -0.4 is 10.1 Å². The minimum Gasteiger partial charge on any atom is -0.487 e. The summed E-state index contributed by atoms with van der Waals surface area (Å²) in [4.78, 5) is 0. The number of ether oxygens (including phenoxy) is 1. The van der Waals surface area contributed by atoms with E-state index in [1.807, 2.05) is 0 Å². The van der Waals surface area contributed by atoms with Crippen LogP contribution in [0, 0.1) is 5.92 Å². The van der Waals surface area contributed by atoms with E-state index in [4.69, 9.17) is 4.74 Å². The van der Waals surface area contributed by atoms with E-state index < -0.39 is 0 Å². The highest BCUT2D eigenvalue weighted by atomic mass is 16.5. The first-order chi connectivity index (χ1) is 10.1. The van der Waals surface area contributed by atoms with Crippen LogP contribution in [0.1, 0.15) is 57.6 Å². The van der Waals surface area contributed by atoms with Gasteiger partial charge < -0.3 is 15.2 Å². The molecule has 0 saturated heterocycles. The molecule has 21 heavy (non-hydrogen) atoms. The molecule has 3 nitrogen and oxygen atoms in total. The van der Waals surface area contributed by atoms with Crippen LogP contribution in [0.15, 0.2) is 24.3 Å². The van der Waals surface area contributed by atoms with Gasteiger partial charge in [0.25, 0.3) is 0 Å². The van der Waals surface area contributed by atoms with Crippen molar-refractivity contribution in [2.24, 2.45) is 5.92 Å². The Hall–Kier alpha value is -1.06. The molecule has 1 saturated carbocycles. The predicted octanol–water partition coefficient (Wildman–Crippen LogP) is 3.43. The second kappa shape index (κ2) is 5.98. The van der Waals surface area contributed by atoms with E-state index in [1.54, 1.807) is 0 Å². The van der Waals surface area contributed by atoms with Crippen LogP contribution in [0.5, 0.6) is 5.75 Å². The van der Waals surface area contributed by atoms with Crippen LogP contribution in [-0.4, -0.2) is 23.4 Å². The zero-order valence-electron chi connectivity index (χ0n) is 13.1. The maximum atomic E-state index is 9.95. The molecule has 116 valence electrons. The summed E-state index contributed by atoms with van der Waals surface area (Å²) in [5.41, 5.74) is 1.34. The topological polar surface area (TPSA) is 41.5 Å². The van der Waals surface area contributed by atoms with E-state index in [1.165, 1.54) is 24.8 Å². The Bertz CT molecular complexity index is 482. The summed E-state index contributed by atoms with van der Waals surface area (Å²) in [5, 5.41) is 13.6. The van der Waals surface area contributed by atoms with Crippen molar-refractivity contribution in [2.45, 2.75) is 63.7 Å². The van der Waals surface area contributed by atoms with Crippen LogP contribution in [0.3, 0.4) is 0 Å². The summed E-state index contributed by atoms with van der Waals surface area (Å²) in [6.45, 7) is 4.99. The summed E-state index contributed by atoms with van der Waals surface area (Å²) in [7, 11) is 0. The van der Waals surface area contributed by atoms with Crippen molar-refractivity contribution in [3.63, 3.8) is 0 Å². The molecule has 0 radical (unpaired) electrons. The average Bonchev–Trinajstić information content (AvgIpc) is 2.45. The van der Waals surface area contributed by atoms with Gasteiger partial charge in [0.2, 0.25) is 0 Å². The van der Waals surface area contributed by atoms with Crippen LogP contribution in [0.4, 0.5) is 0 Å². The average molecular weight is 289 g/mol. The third kappa shape index (κ3) is 3.09. The van der Waals surface area contributed by atoms with Gasteiger partial charge in [-0.25, -0.2) is 0 Å². The summed E-state index contributed by atoms with van der Waals surface area (Å²) < 4.78 is 6.26. The molecule has 1 spiro atoms. The minimum atomic E-state index is -0.217. The van der Waals surface area contributed by atoms with Gasteiger partial charge in [-0.3, -0.25) is 0 Å². The van der Waals surface area contributed by atoms with Crippen LogP contribution in [0.2, 0.25) is 0 Å². The molecule has 3 rings (SSSR count). The van der Waals surface area contributed by atoms with Crippen molar-refractivity contribution in [3.05, 3.63) is 29.8 Å². The van der Waals surface area contributed by atoms with E-state index in [2.05, 4.69) is 43.4 Å². The lowest BCUT2D eigenvalue weighted by Crippen LogP contribution is -2.49. The number of hydrogen-bond acceptors (Lipinski definition) is 3. The SMILES string of the molecule is CC(C)C(O)CCNC1CC2(CCC2)Oc2ccccc21. The van der Waals surface area contributed by atoms with Crippen molar-refractivity contribution >= 4 is 0 Å². The molecule has 1 aromatic rings. The number of nitrogens with one attached hydrogen (secondary N) is 1. The van der Waals surface area contributed by atoms with Gasteiger partial charge in [-0.2, -0.15) is 0 Å². The molecule has 2 unspecified atom stereocenters. The van der Waals surface area contributed by atoms with Crippen molar-refractivity contribution in [2.75, 3.05) is 6.54 Å². The van der Waals surface area contributed by atoms with Crippen molar-refractivity contribution < 1.29 is 9.84 Å². The van der Waals surface area contributed by atoms with Gasteiger partial charge in [-0.15, -0.1) is 0 Å². The number of para-hydroxylation sites is 1. The van der Waals surface area contributed by atoms with Gasteiger partial charge in [-0.1, -0.05) is 32.0 Å². The standard InChI is InChI=1S/C18H27NO2/c1-13(2)16(20)8-11-19-15-12-18(9-5-10-18)21-17-7-4-3-6-14(15)17/h3-4,6-7,13,15-16,19-20H,5,8-12H2,1-2H3. The summed E-state index contributed by atoms with van der Waals surface area (Å²) in [6.07, 6.45) is 5.28. The van der Waals surface area contributed by atoms with Gasteiger partial charge in [0.1, 0.15) is 11.4 Å².